The predicted octanol–water partition coefficient (Wildman–Crippen LogP) is 3.48. The number of carbonyl (C=O) groups excluding carboxylic acids is 1. The molecule has 144 valence electrons. The molecule has 0 aliphatic rings. The van der Waals surface area contributed by atoms with Gasteiger partial charge in [-0.1, -0.05) is 6.07 Å². The number of anilines is 1. The van der Waals surface area contributed by atoms with Crippen molar-refractivity contribution in [3.63, 3.8) is 0 Å². The van der Waals surface area contributed by atoms with E-state index in [1.54, 1.807) is 37.4 Å². The van der Waals surface area contributed by atoms with E-state index in [9.17, 15) is 9.59 Å². The number of hydrogen-bond donors (Lipinski definition) is 1. The van der Waals surface area contributed by atoms with Crippen LogP contribution < -0.4 is 15.6 Å². The van der Waals surface area contributed by atoms with E-state index in [2.05, 4.69) is 29.5 Å². The molecule has 0 saturated heterocycles. The Labute approximate surface area is 163 Å². The van der Waals surface area contributed by atoms with Crippen molar-refractivity contribution >= 4 is 11.6 Å². The molecule has 0 unspecified atom stereocenters. The highest BCUT2D eigenvalue weighted by Crippen LogP contribution is 2.24. The lowest BCUT2D eigenvalue weighted by atomic mass is 9.99. The van der Waals surface area contributed by atoms with Crippen molar-refractivity contribution < 1.29 is 9.53 Å². The third-order valence-electron chi connectivity index (χ3n) is 4.65. The minimum atomic E-state index is -0.325. The Hall–Kier alpha value is -3.41. The zero-order chi connectivity index (χ0) is 20.3. The van der Waals surface area contributed by atoms with Gasteiger partial charge in [0.1, 0.15) is 12.3 Å². The molecule has 28 heavy (non-hydrogen) atoms. The first kappa shape index (κ1) is 19.4. The van der Waals surface area contributed by atoms with E-state index in [0.717, 1.165) is 16.7 Å². The van der Waals surface area contributed by atoms with E-state index >= 15 is 0 Å². The number of nitrogens with one attached hydrogen (secondary N) is 1. The van der Waals surface area contributed by atoms with Crippen LogP contribution in [0.1, 0.15) is 16.7 Å². The third-order valence-corrected chi connectivity index (χ3v) is 4.65. The molecule has 1 N–H and O–H groups in total. The van der Waals surface area contributed by atoms with Crippen molar-refractivity contribution in [2.45, 2.75) is 27.3 Å². The quantitative estimate of drug-likeness (QED) is 0.739. The van der Waals surface area contributed by atoms with Crippen LogP contribution in [0.5, 0.6) is 5.75 Å². The van der Waals surface area contributed by atoms with Gasteiger partial charge in [0.05, 0.1) is 12.8 Å². The number of methoxy groups -OCH3 is 1. The van der Waals surface area contributed by atoms with Gasteiger partial charge in [-0.3, -0.25) is 9.59 Å². The number of carbonyl (C=O) groups is 1. The first-order valence-corrected chi connectivity index (χ1v) is 8.97. The molecule has 3 aromatic rings. The summed E-state index contributed by atoms with van der Waals surface area (Å²) < 4.78 is 6.28. The normalized spacial score (nSPS) is 10.6. The number of ether oxygens (including phenoxy) is 1. The number of hydrogen-bond acceptors (Lipinski definition) is 4. The van der Waals surface area contributed by atoms with Crippen molar-refractivity contribution in [1.82, 2.24) is 9.78 Å². The summed E-state index contributed by atoms with van der Waals surface area (Å²) in [6.07, 6.45) is 0. The van der Waals surface area contributed by atoms with E-state index in [1.807, 2.05) is 13.8 Å². The molecular formula is C22H23N3O3. The minimum Gasteiger partial charge on any atom is -0.497 e. The molecule has 6 heteroatoms. The van der Waals surface area contributed by atoms with Gasteiger partial charge in [0.15, 0.2) is 0 Å². The molecule has 1 aromatic heterocycles. The Morgan fingerprint density at radius 1 is 1.00 bits per heavy atom. The molecule has 0 bridgehead atoms. The molecule has 0 spiro atoms. The average Bonchev–Trinajstić information content (AvgIpc) is 2.67. The smallest absolute Gasteiger partial charge is 0.267 e. The monoisotopic (exact) mass is 377 g/mol. The van der Waals surface area contributed by atoms with Crippen LogP contribution in [-0.4, -0.2) is 22.8 Å². The van der Waals surface area contributed by atoms with Gasteiger partial charge in [0.25, 0.3) is 5.56 Å². The highest BCUT2D eigenvalue weighted by Gasteiger charge is 2.11. The number of benzene rings is 2. The SMILES string of the molecule is COc1ccc(NC(=O)Cn2nc(-c3cc(C)c(C)cc3C)ccc2=O)cc1. The van der Waals surface area contributed by atoms with Gasteiger partial charge in [0.2, 0.25) is 5.91 Å². The number of nitrogens with zero attached hydrogens (tertiary/aromatic N) is 2. The van der Waals surface area contributed by atoms with Crippen LogP contribution >= 0.6 is 0 Å². The second-order valence-corrected chi connectivity index (χ2v) is 6.74. The van der Waals surface area contributed by atoms with E-state index in [4.69, 9.17) is 4.74 Å². The van der Waals surface area contributed by atoms with Crippen LogP contribution in [0.3, 0.4) is 0 Å². The molecule has 0 atom stereocenters. The van der Waals surface area contributed by atoms with E-state index in [-0.39, 0.29) is 18.0 Å². The Kier molecular flexibility index (Phi) is 5.59. The van der Waals surface area contributed by atoms with Crippen LogP contribution in [0, 0.1) is 20.8 Å². The molecule has 6 nitrogen and oxygen atoms in total. The fourth-order valence-electron chi connectivity index (χ4n) is 2.95. The van der Waals surface area contributed by atoms with Crippen molar-refractivity contribution in [2.75, 3.05) is 12.4 Å². The third kappa shape index (κ3) is 4.28. The van der Waals surface area contributed by atoms with Crippen molar-refractivity contribution in [2.24, 2.45) is 0 Å². The summed E-state index contributed by atoms with van der Waals surface area (Å²) in [7, 11) is 1.58. The highest BCUT2D eigenvalue weighted by molar-refractivity contribution is 5.90. The summed E-state index contributed by atoms with van der Waals surface area (Å²) in [5, 5.41) is 7.17. The maximum Gasteiger partial charge on any atom is 0.267 e. The standard InChI is InChI=1S/C22H23N3O3/c1-14-11-16(3)19(12-15(14)2)20-9-10-22(27)25(24-20)13-21(26)23-17-5-7-18(28-4)8-6-17/h5-12H,13H2,1-4H3,(H,23,26). The summed E-state index contributed by atoms with van der Waals surface area (Å²) in [5.41, 5.74) is 5.34. The Balaban J connectivity index is 1.82. The second-order valence-electron chi connectivity index (χ2n) is 6.74. The maximum absolute atomic E-state index is 12.4. The summed E-state index contributed by atoms with van der Waals surface area (Å²) in [6, 6.07) is 14.3. The first-order chi connectivity index (χ1) is 13.4. The Morgan fingerprint density at radius 2 is 1.68 bits per heavy atom. The fraction of sp³-hybridized carbons (Fsp3) is 0.227. The zero-order valence-corrected chi connectivity index (χ0v) is 16.4. The van der Waals surface area contributed by atoms with E-state index in [0.29, 0.717) is 17.1 Å². The lowest BCUT2D eigenvalue weighted by Gasteiger charge is -2.12. The maximum atomic E-state index is 12.4. The van der Waals surface area contributed by atoms with Crippen LogP contribution in [0.15, 0.2) is 53.3 Å². The molecule has 0 radical (unpaired) electrons. The lowest BCUT2D eigenvalue weighted by Crippen LogP contribution is -2.29. The van der Waals surface area contributed by atoms with Gasteiger partial charge >= 0.3 is 0 Å². The molecule has 3 rings (SSSR count). The van der Waals surface area contributed by atoms with Crippen molar-refractivity contribution in [3.05, 3.63) is 75.6 Å². The molecule has 1 amide bonds. The van der Waals surface area contributed by atoms with Gasteiger partial charge in [-0.25, -0.2) is 4.68 Å². The second kappa shape index (κ2) is 8.08. The van der Waals surface area contributed by atoms with Gasteiger partial charge in [-0.05, 0) is 73.9 Å². The number of amides is 1. The van der Waals surface area contributed by atoms with Gasteiger partial charge < -0.3 is 10.1 Å². The van der Waals surface area contributed by atoms with Crippen LogP contribution in [0.2, 0.25) is 0 Å². The molecule has 0 fully saturated rings. The first-order valence-electron chi connectivity index (χ1n) is 8.97. The number of aryl methyl sites for hydroxylation is 3. The number of rotatable bonds is 5. The van der Waals surface area contributed by atoms with Crippen molar-refractivity contribution in [3.8, 4) is 17.0 Å². The van der Waals surface area contributed by atoms with Crippen LogP contribution in [0.4, 0.5) is 5.69 Å². The molecule has 0 aliphatic carbocycles. The lowest BCUT2D eigenvalue weighted by molar-refractivity contribution is -0.117. The summed E-state index contributed by atoms with van der Waals surface area (Å²) >= 11 is 0. The molecule has 0 saturated carbocycles. The van der Waals surface area contributed by atoms with E-state index < -0.39 is 0 Å². The average molecular weight is 377 g/mol. The zero-order valence-electron chi connectivity index (χ0n) is 16.4. The summed E-state index contributed by atoms with van der Waals surface area (Å²) in [4.78, 5) is 24.5. The van der Waals surface area contributed by atoms with E-state index in [1.165, 1.54) is 16.3 Å². The van der Waals surface area contributed by atoms with Crippen LogP contribution in [-0.2, 0) is 11.3 Å². The summed E-state index contributed by atoms with van der Waals surface area (Å²) in [6.45, 7) is 5.94. The fourth-order valence-corrected chi connectivity index (χ4v) is 2.95. The Morgan fingerprint density at radius 3 is 2.36 bits per heavy atom. The molecule has 1 heterocycles. The van der Waals surface area contributed by atoms with Gasteiger partial charge in [-0.15, -0.1) is 0 Å². The van der Waals surface area contributed by atoms with Crippen LogP contribution in [0.25, 0.3) is 11.3 Å². The molecular weight excluding hydrogens is 354 g/mol. The highest BCUT2D eigenvalue weighted by atomic mass is 16.5. The molecule has 2 aromatic carbocycles. The largest absolute Gasteiger partial charge is 0.497 e. The Bertz CT molecular complexity index is 1070. The van der Waals surface area contributed by atoms with Gasteiger partial charge in [0, 0.05) is 17.3 Å². The summed E-state index contributed by atoms with van der Waals surface area (Å²) in [5.74, 6) is 0.376. The molecule has 0 aliphatic heterocycles. The predicted molar refractivity (Wildman–Crippen MR) is 110 cm³/mol. The topological polar surface area (TPSA) is 73.2 Å². The van der Waals surface area contributed by atoms with Crippen molar-refractivity contribution in [1.29, 1.82) is 0 Å². The minimum absolute atomic E-state index is 0.164. The van der Waals surface area contributed by atoms with Gasteiger partial charge in [-0.2, -0.15) is 5.10 Å². The number of aromatic nitrogens is 2.